The van der Waals surface area contributed by atoms with Gasteiger partial charge >= 0.3 is 0 Å². The first-order chi connectivity index (χ1) is 18.7. The Morgan fingerprint density at radius 2 is 1.87 bits per heavy atom. The number of nitrogens with one attached hydrogen (secondary N) is 2. The number of likely N-dealkylation sites (N-methyl/N-ethyl adjacent to an activating group) is 1. The molecule has 9 nitrogen and oxygen atoms in total. The highest BCUT2D eigenvalue weighted by Crippen LogP contribution is 2.27. The summed E-state index contributed by atoms with van der Waals surface area (Å²) in [5, 5.41) is 8.19. The van der Waals surface area contributed by atoms with Crippen molar-refractivity contribution in [2.45, 2.75) is 46.8 Å². The van der Waals surface area contributed by atoms with E-state index in [1.54, 1.807) is 6.20 Å². The summed E-state index contributed by atoms with van der Waals surface area (Å²) < 4.78 is 1.85. The van der Waals surface area contributed by atoms with E-state index in [-0.39, 0.29) is 24.1 Å². The summed E-state index contributed by atoms with van der Waals surface area (Å²) in [6.07, 6.45) is 1.70. The lowest BCUT2D eigenvalue weighted by Gasteiger charge is -2.32. The highest BCUT2D eigenvalue weighted by atomic mass is 16.1. The molecule has 204 valence electrons. The zero-order valence-electron chi connectivity index (χ0n) is 23.4. The van der Waals surface area contributed by atoms with E-state index in [2.05, 4.69) is 50.4 Å². The molecule has 9 heteroatoms. The van der Waals surface area contributed by atoms with Crippen LogP contribution in [0.15, 0.2) is 47.4 Å². The molecule has 5 rings (SSSR count). The van der Waals surface area contributed by atoms with Crippen molar-refractivity contribution in [2.75, 3.05) is 33.2 Å². The number of rotatable bonds is 7. The number of pyridine rings is 2. The Kier molecular flexibility index (Phi) is 7.63. The summed E-state index contributed by atoms with van der Waals surface area (Å²) in [7, 11) is 2.16. The molecule has 4 heterocycles. The summed E-state index contributed by atoms with van der Waals surface area (Å²) in [6, 6.07) is 12.2. The van der Waals surface area contributed by atoms with E-state index in [0.717, 1.165) is 55.2 Å². The first kappa shape index (κ1) is 26.8. The number of aromatic nitrogens is 4. The molecule has 0 radical (unpaired) electrons. The van der Waals surface area contributed by atoms with Gasteiger partial charge in [0.1, 0.15) is 0 Å². The van der Waals surface area contributed by atoms with Crippen LogP contribution in [0.3, 0.4) is 0 Å². The van der Waals surface area contributed by atoms with E-state index in [1.807, 2.05) is 50.6 Å². The van der Waals surface area contributed by atoms with Gasteiger partial charge in [-0.15, -0.1) is 0 Å². The van der Waals surface area contributed by atoms with Gasteiger partial charge in [0, 0.05) is 62.1 Å². The Hall–Kier alpha value is -3.82. The number of H-pyrrole nitrogens is 1. The molecule has 1 aromatic carbocycles. The number of benzene rings is 1. The molecule has 0 atom stereocenters. The Labute approximate surface area is 228 Å². The van der Waals surface area contributed by atoms with Gasteiger partial charge in [-0.05, 0) is 64.1 Å². The topological polar surface area (TPSA) is 99.2 Å². The highest BCUT2D eigenvalue weighted by molar-refractivity contribution is 6.06. The van der Waals surface area contributed by atoms with Crippen LogP contribution < -0.4 is 10.9 Å². The van der Waals surface area contributed by atoms with Crippen molar-refractivity contribution in [3.05, 3.63) is 80.9 Å². The van der Waals surface area contributed by atoms with Gasteiger partial charge in [0.25, 0.3) is 11.5 Å². The predicted octanol–water partition coefficient (Wildman–Crippen LogP) is 3.66. The molecular weight excluding hydrogens is 490 g/mol. The van der Waals surface area contributed by atoms with Crippen LogP contribution >= 0.6 is 0 Å². The number of hydrogen-bond acceptors (Lipinski definition) is 6. The van der Waals surface area contributed by atoms with Gasteiger partial charge in [0.2, 0.25) is 0 Å². The minimum absolute atomic E-state index is 0.0819. The Morgan fingerprint density at radius 1 is 1.10 bits per heavy atom. The average molecular weight is 528 g/mol. The van der Waals surface area contributed by atoms with Gasteiger partial charge < -0.3 is 15.2 Å². The van der Waals surface area contributed by atoms with Gasteiger partial charge in [0.05, 0.1) is 22.8 Å². The lowest BCUT2D eigenvalue weighted by Crippen LogP contribution is -2.43. The summed E-state index contributed by atoms with van der Waals surface area (Å²) in [4.78, 5) is 38.6. The van der Waals surface area contributed by atoms with E-state index in [1.165, 1.54) is 5.56 Å². The number of aryl methyl sites for hydroxylation is 2. The van der Waals surface area contributed by atoms with Crippen molar-refractivity contribution in [3.8, 4) is 11.3 Å². The second kappa shape index (κ2) is 11.1. The fourth-order valence-corrected chi connectivity index (χ4v) is 5.19. The van der Waals surface area contributed by atoms with Crippen LogP contribution in [0.1, 0.15) is 52.6 Å². The second-order valence-electron chi connectivity index (χ2n) is 10.9. The Bertz CT molecular complexity index is 1560. The normalized spacial score (nSPS) is 14.8. The molecule has 1 amide bonds. The minimum Gasteiger partial charge on any atom is -0.348 e. The van der Waals surface area contributed by atoms with E-state index in [9.17, 15) is 9.59 Å². The zero-order chi connectivity index (χ0) is 27.7. The number of fused-ring (bicyclic) bond motifs is 1. The van der Waals surface area contributed by atoms with Gasteiger partial charge in [-0.1, -0.05) is 18.2 Å². The summed E-state index contributed by atoms with van der Waals surface area (Å²) >= 11 is 0. The van der Waals surface area contributed by atoms with E-state index in [4.69, 9.17) is 4.98 Å². The second-order valence-corrected chi connectivity index (χ2v) is 10.9. The van der Waals surface area contributed by atoms with Crippen LogP contribution in [0.2, 0.25) is 0 Å². The van der Waals surface area contributed by atoms with Crippen LogP contribution in [-0.2, 0) is 13.1 Å². The van der Waals surface area contributed by atoms with Crippen LogP contribution in [0, 0.1) is 13.8 Å². The third-order valence-electron chi connectivity index (χ3n) is 7.44. The molecule has 2 N–H and O–H groups in total. The van der Waals surface area contributed by atoms with Gasteiger partial charge in [0.15, 0.2) is 5.65 Å². The molecule has 0 spiro atoms. The third kappa shape index (κ3) is 5.79. The number of amides is 1. The van der Waals surface area contributed by atoms with E-state index < -0.39 is 0 Å². The maximum atomic E-state index is 13.5. The SMILES string of the molecule is Cc1cc(C)c(CNC(=O)c2cc(-c3cccc(CN4CCN(C)CC4)c3)nc3c2cnn3C(C)C)c(=O)[nH]1. The van der Waals surface area contributed by atoms with E-state index in [0.29, 0.717) is 22.2 Å². The Morgan fingerprint density at radius 3 is 2.59 bits per heavy atom. The number of aromatic amines is 1. The molecule has 3 aromatic heterocycles. The van der Waals surface area contributed by atoms with Crippen molar-refractivity contribution in [3.63, 3.8) is 0 Å². The number of carbonyl (C=O) groups excluding carboxylic acids is 1. The molecule has 0 saturated carbocycles. The smallest absolute Gasteiger partial charge is 0.253 e. The lowest BCUT2D eigenvalue weighted by molar-refractivity contribution is 0.0952. The molecule has 1 saturated heterocycles. The fourth-order valence-electron chi connectivity index (χ4n) is 5.19. The van der Waals surface area contributed by atoms with Crippen LogP contribution in [0.4, 0.5) is 0 Å². The molecule has 1 fully saturated rings. The molecule has 0 aliphatic carbocycles. The molecule has 1 aliphatic heterocycles. The quantitative estimate of drug-likeness (QED) is 0.381. The summed E-state index contributed by atoms with van der Waals surface area (Å²) in [5.41, 5.74) is 6.07. The molecule has 39 heavy (non-hydrogen) atoms. The van der Waals surface area contributed by atoms with Crippen LogP contribution in [0.25, 0.3) is 22.3 Å². The number of hydrogen-bond donors (Lipinski definition) is 2. The fraction of sp³-hybridized carbons (Fsp3) is 0.400. The summed E-state index contributed by atoms with van der Waals surface area (Å²) in [6.45, 7) is 13.1. The monoisotopic (exact) mass is 527 g/mol. The van der Waals surface area contributed by atoms with Crippen molar-refractivity contribution < 1.29 is 4.79 Å². The first-order valence-corrected chi connectivity index (χ1v) is 13.6. The van der Waals surface area contributed by atoms with E-state index >= 15 is 0 Å². The highest BCUT2D eigenvalue weighted by Gasteiger charge is 2.20. The third-order valence-corrected chi connectivity index (χ3v) is 7.44. The number of carbonyl (C=O) groups is 1. The molecule has 4 aromatic rings. The van der Waals surface area contributed by atoms with Gasteiger partial charge in [-0.3, -0.25) is 14.5 Å². The van der Waals surface area contributed by atoms with Crippen molar-refractivity contribution >= 4 is 16.9 Å². The van der Waals surface area contributed by atoms with Gasteiger partial charge in [-0.25, -0.2) is 9.67 Å². The standard InChI is InChI=1S/C30H37N7O2/c1-19(2)37-28-26(17-32-37)24(29(38)31-16-25-20(3)13-21(4)33-30(25)39)15-27(34-28)23-8-6-7-22(14-23)18-36-11-9-35(5)10-12-36/h6-8,13-15,17,19H,9-12,16,18H2,1-5H3,(H,31,38)(H,33,39). The number of nitrogens with zero attached hydrogens (tertiary/aromatic N) is 5. The predicted molar refractivity (Wildman–Crippen MR) is 154 cm³/mol. The number of piperazine rings is 1. The molecular formula is C30H37N7O2. The summed E-state index contributed by atoms with van der Waals surface area (Å²) in [5.74, 6) is -0.264. The molecule has 1 aliphatic rings. The maximum absolute atomic E-state index is 13.5. The van der Waals surface area contributed by atoms with Gasteiger partial charge in [-0.2, -0.15) is 5.10 Å². The Balaban J connectivity index is 1.48. The zero-order valence-corrected chi connectivity index (χ0v) is 23.4. The minimum atomic E-state index is -0.264. The molecule has 0 unspecified atom stereocenters. The maximum Gasteiger partial charge on any atom is 0.253 e. The first-order valence-electron chi connectivity index (χ1n) is 13.6. The lowest BCUT2D eigenvalue weighted by atomic mass is 10.0. The van der Waals surface area contributed by atoms with Crippen molar-refractivity contribution in [1.29, 1.82) is 0 Å². The molecule has 0 bridgehead atoms. The van der Waals surface area contributed by atoms with Crippen molar-refractivity contribution in [1.82, 2.24) is 34.9 Å². The van der Waals surface area contributed by atoms with Crippen LogP contribution in [0.5, 0.6) is 0 Å². The van der Waals surface area contributed by atoms with Crippen LogP contribution in [-0.4, -0.2) is 68.7 Å². The van der Waals surface area contributed by atoms with Crippen molar-refractivity contribution in [2.24, 2.45) is 0 Å². The largest absolute Gasteiger partial charge is 0.348 e. The average Bonchev–Trinajstić information content (AvgIpc) is 3.33.